The predicted octanol–water partition coefficient (Wildman–Crippen LogP) is 2.29. The Morgan fingerprint density at radius 3 is 2.07 bits per heavy atom. The van der Waals surface area contributed by atoms with Crippen LogP contribution in [0.3, 0.4) is 0 Å². The summed E-state index contributed by atoms with van der Waals surface area (Å²) >= 11 is 0. The van der Waals surface area contributed by atoms with Gasteiger partial charge in [0.15, 0.2) is 0 Å². The van der Waals surface area contributed by atoms with Crippen LogP contribution in [-0.4, -0.2) is 65.3 Å². The first kappa shape index (κ1) is 18.5. The molecule has 0 aromatic heterocycles. The molecule has 2 saturated carbocycles. The summed E-state index contributed by atoms with van der Waals surface area (Å²) in [6.45, 7) is 6.27. The maximum Gasteiger partial charge on any atom is 0.236 e. The maximum atomic E-state index is 12.8. The topological polar surface area (TPSA) is 43.9 Å². The average molecular weight is 370 g/mol. The van der Waals surface area contributed by atoms with Crippen LogP contribution < -0.4 is 0 Å². The largest absolute Gasteiger partial charge is 0.339 e. The van der Waals surface area contributed by atoms with Crippen molar-refractivity contribution in [1.29, 1.82) is 0 Å². The molecule has 1 heterocycles. The van der Waals surface area contributed by atoms with Gasteiger partial charge in [-0.2, -0.15) is 0 Å². The van der Waals surface area contributed by atoms with Gasteiger partial charge in [0.05, 0.1) is 6.54 Å². The van der Waals surface area contributed by atoms with Crippen LogP contribution in [0.4, 0.5) is 0 Å². The lowest BCUT2D eigenvalue weighted by atomic mass is 10.1. The highest BCUT2D eigenvalue weighted by molar-refractivity contribution is 5.82. The maximum absolute atomic E-state index is 12.8. The molecule has 0 radical (unpaired) electrons. The Morgan fingerprint density at radius 1 is 0.926 bits per heavy atom. The van der Waals surface area contributed by atoms with Crippen LogP contribution in [0.2, 0.25) is 0 Å². The van der Waals surface area contributed by atoms with Crippen LogP contribution in [0.1, 0.15) is 43.7 Å². The third kappa shape index (κ3) is 4.70. The first-order valence-electron chi connectivity index (χ1n) is 10.5. The van der Waals surface area contributed by atoms with E-state index in [0.29, 0.717) is 44.7 Å². The molecule has 2 amide bonds. The van der Waals surface area contributed by atoms with Gasteiger partial charge in [-0.05, 0) is 43.2 Å². The van der Waals surface area contributed by atoms with Crippen LogP contribution in [0.15, 0.2) is 24.3 Å². The van der Waals surface area contributed by atoms with Crippen molar-refractivity contribution in [3.05, 3.63) is 35.4 Å². The molecule has 3 fully saturated rings. The minimum atomic E-state index is 0.214. The molecule has 0 unspecified atom stereocenters. The van der Waals surface area contributed by atoms with Crippen LogP contribution in [-0.2, 0) is 22.6 Å². The van der Waals surface area contributed by atoms with Crippen molar-refractivity contribution >= 4 is 11.8 Å². The molecule has 2 aliphatic carbocycles. The van der Waals surface area contributed by atoms with Gasteiger partial charge in [0.25, 0.3) is 0 Å². The standard InChI is InChI=1S/C22H31N3O2/c1-2-17-3-5-18(6-4-17)15-25(20-9-10-20)16-21(26)23-11-13-24(14-12-23)22(27)19-7-8-19/h3-6,19-20H,2,7-16H2,1H3. The normalized spacial score (nSPS) is 20.2. The van der Waals surface area contributed by atoms with Gasteiger partial charge in [-0.25, -0.2) is 0 Å². The summed E-state index contributed by atoms with van der Waals surface area (Å²) in [7, 11) is 0. The van der Waals surface area contributed by atoms with E-state index in [1.807, 2.05) is 9.80 Å². The summed E-state index contributed by atoms with van der Waals surface area (Å²) in [6.07, 6.45) is 5.55. The fourth-order valence-corrected chi connectivity index (χ4v) is 3.91. The zero-order chi connectivity index (χ0) is 18.8. The van der Waals surface area contributed by atoms with Crippen LogP contribution >= 0.6 is 0 Å². The second-order valence-electron chi connectivity index (χ2n) is 8.29. The number of hydrogen-bond acceptors (Lipinski definition) is 3. The number of amides is 2. The van der Waals surface area contributed by atoms with Gasteiger partial charge in [-0.15, -0.1) is 0 Å². The second-order valence-corrected chi connectivity index (χ2v) is 8.29. The molecule has 3 aliphatic rings. The number of nitrogens with zero attached hydrogens (tertiary/aromatic N) is 3. The molecule has 1 aromatic carbocycles. The lowest BCUT2D eigenvalue weighted by molar-refractivity contribution is -0.141. The third-order valence-electron chi connectivity index (χ3n) is 6.09. The van der Waals surface area contributed by atoms with E-state index in [4.69, 9.17) is 0 Å². The number of rotatable bonds is 7. The van der Waals surface area contributed by atoms with E-state index in [0.717, 1.165) is 25.8 Å². The summed E-state index contributed by atoms with van der Waals surface area (Å²) in [4.78, 5) is 31.3. The number of hydrogen-bond donors (Lipinski definition) is 0. The quantitative estimate of drug-likeness (QED) is 0.741. The molecule has 27 heavy (non-hydrogen) atoms. The predicted molar refractivity (Wildman–Crippen MR) is 105 cm³/mol. The van der Waals surface area contributed by atoms with Gasteiger partial charge in [0.2, 0.25) is 11.8 Å². The second kappa shape index (κ2) is 8.01. The van der Waals surface area contributed by atoms with Crippen molar-refractivity contribution in [1.82, 2.24) is 14.7 Å². The Bertz CT molecular complexity index is 671. The lowest BCUT2D eigenvalue weighted by Crippen LogP contribution is -2.53. The molecular formula is C22H31N3O2. The molecule has 0 spiro atoms. The third-order valence-corrected chi connectivity index (χ3v) is 6.09. The molecule has 5 heteroatoms. The molecule has 0 N–H and O–H groups in total. The van der Waals surface area contributed by atoms with Crippen molar-refractivity contribution in [2.24, 2.45) is 5.92 Å². The summed E-state index contributed by atoms with van der Waals surface area (Å²) in [6, 6.07) is 9.33. The number of benzene rings is 1. The molecule has 1 aromatic rings. The van der Waals surface area contributed by atoms with Gasteiger partial charge in [0.1, 0.15) is 0 Å². The fraction of sp³-hybridized carbons (Fsp3) is 0.636. The van der Waals surface area contributed by atoms with Crippen molar-refractivity contribution < 1.29 is 9.59 Å². The number of carbonyl (C=O) groups is 2. The number of carbonyl (C=O) groups excluding carboxylic acids is 2. The molecule has 4 rings (SSSR count). The molecule has 1 aliphatic heterocycles. The highest BCUT2D eigenvalue weighted by Crippen LogP contribution is 2.31. The Balaban J connectivity index is 1.29. The monoisotopic (exact) mass is 369 g/mol. The Morgan fingerprint density at radius 2 is 1.52 bits per heavy atom. The van der Waals surface area contributed by atoms with Gasteiger partial charge in [-0.1, -0.05) is 31.2 Å². The van der Waals surface area contributed by atoms with E-state index in [9.17, 15) is 9.59 Å². The Hall–Kier alpha value is -1.88. The van der Waals surface area contributed by atoms with E-state index in [1.54, 1.807) is 0 Å². The van der Waals surface area contributed by atoms with Crippen molar-refractivity contribution in [3.8, 4) is 0 Å². The minimum absolute atomic E-state index is 0.214. The summed E-state index contributed by atoms with van der Waals surface area (Å²) in [5.41, 5.74) is 2.64. The van der Waals surface area contributed by atoms with E-state index in [-0.39, 0.29) is 11.8 Å². The summed E-state index contributed by atoms with van der Waals surface area (Å²) in [5, 5.41) is 0. The van der Waals surface area contributed by atoms with Gasteiger partial charge >= 0.3 is 0 Å². The Kier molecular flexibility index (Phi) is 5.48. The fourth-order valence-electron chi connectivity index (χ4n) is 3.91. The van der Waals surface area contributed by atoms with Crippen molar-refractivity contribution in [2.45, 2.75) is 51.6 Å². The number of aryl methyl sites for hydroxylation is 1. The lowest BCUT2D eigenvalue weighted by Gasteiger charge is -2.36. The first-order valence-corrected chi connectivity index (χ1v) is 10.5. The van der Waals surface area contributed by atoms with Crippen molar-refractivity contribution in [2.75, 3.05) is 32.7 Å². The van der Waals surface area contributed by atoms with Crippen LogP contribution in [0, 0.1) is 5.92 Å². The van der Waals surface area contributed by atoms with E-state index < -0.39 is 0 Å². The zero-order valence-corrected chi connectivity index (χ0v) is 16.4. The average Bonchev–Trinajstić information content (AvgIpc) is 3.59. The minimum Gasteiger partial charge on any atom is -0.339 e. The summed E-state index contributed by atoms with van der Waals surface area (Å²) < 4.78 is 0. The van der Waals surface area contributed by atoms with Gasteiger partial charge in [-0.3, -0.25) is 14.5 Å². The van der Waals surface area contributed by atoms with Gasteiger partial charge in [0, 0.05) is 44.7 Å². The molecule has 1 saturated heterocycles. The van der Waals surface area contributed by atoms with Crippen LogP contribution in [0.25, 0.3) is 0 Å². The Labute approximate surface area is 162 Å². The van der Waals surface area contributed by atoms with Gasteiger partial charge < -0.3 is 9.80 Å². The molecule has 0 bridgehead atoms. The smallest absolute Gasteiger partial charge is 0.236 e. The summed E-state index contributed by atoms with van der Waals surface area (Å²) in [5.74, 6) is 0.791. The SMILES string of the molecule is CCc1ccc(CN(CC(=O)N2CCN(C(=O)C3CC3)CC2)C2CC2)cc1. The number of piperazine rings is 1. The first-order chi connectivity index (χ1) is 13.1. The molecule has 146 valence electrons. The van der Waals surface area contributed by atoms with Crippen molar-refractivity contribution in [3.63, 3.8) is 0 Å². The van der Waals surface area contributed by atoms with E-state index >= 15 is 0 Å². The highest BCUT2D eigenvalue weighted by atomic mass is 16.2. The molecular weight excluding hydrogens is 338 g/mol. The molecule has 5 nitrogen and oxygen atoms in total. The van der Waals surface area contributed by atoms with E-state index in [2.05, 4.69) is 36.1 Å². The zero-order valence-electron chi connectivity index (χ0n) is 16.4. The highest BCUT2D eigenvalue weighted by Gasteiger charge is 2.36. The van der Waals surface area contributed by atoms with E-state index in [1.165, 1.54) is 24.0 Å². The van der Waals surface area contributed by atoms with Crippen LogP contribution in [0.5, 0.6) is 0 Å². The molecule has 0 atom stereocenters.